The minimum atomic E-state index is -0.623. The molecule has 0 saturated heterocycles. The zero-order chi connectivity index (χ0) is 24.5. The van der Waals surface area contributed by atoms with Crippen LogP contribution in [-0.2, 0) is 20.7 Å². The molecule has 3 aromatic rings. The van der Waals surface area contributed by atoms with Gasteiger partial charge in [-0.3, -0.25) is 23.9 Å². The molecule has 0 fully saturated rings. The first-order valence-electron chi connectivity index (χ1n) is 10.4. The minimum Gasteiger partial charge on any atom is -0.494 e. The van der Waals surface area contributed by atoms with E-state index in [9.17, 15) is 19.2 Å². The van der Waals surface area contributed by atoms with E-state index in [0.29, 0.717) is 34.7 Å². The summed E-state index contributed by atoms with van der Waals surface area (Å²) in [5.74, 6) is 0.218. The van der Waals surface area contributed by atoms with Crippen LogP contribution in [0.4, 0.5) is 0 Å². The van der Waals surface area contributed by atoms with Gasteiger partial charge in [-0.05, 0) is 38.1 Å². The summed E-state index contributed by atoms with van der Waals surface area (Å²) in [5.41, 5.74) is -0.0941. The zero-order valence-electron chi connectivity index (χ0n) is 18.6. The minimum absolute atomic E-state index is 0.0175. The summed E-state index contributed by atoms with van der Waals surface area (Å²) in [5, 5.41) is 11.3. The molecule has 0 spiro atoms. The number of rotatable bonds is 11. The van der Waals surface area contributed by atoms with Gasteiger partial charge in [-0.2, -0.15) is 0 Å². The van der Waals surface area contributed by atoms with Gasteiger partial charge < -0.3 is 19.8 Å². The maximum Gasteiger partial charge on any atom is 0.325 e. The van der Waals surface area contributed by atoms with E-state index in [1.54, 1.807) is 23.6 Å². The van der Waals surface area contributed by atoms with Gasteiger partial charge in [0.2, 0.25) is 5.91 Å². The van der Waals surface area contributed by atoms with Crippen molar-refractivity contribution in [2.24, 2.45) is 0 Å². The molecule has 0 saturated carbocycles. The Hall–Kier alpha value is -3.87. The van der Waals surface area contributed by atoms with Gasteiger partial charge in [0.25, 0.3) is 5.56 Å². The van der Waals surface area contributed by atoms with Crippen LogP contribution in [-0.4, -0.2) is 62.1 Å². The summed E-state index contributed by atoms with van der Waals surface area (Å²) in [7, 11) is 0. The summed E-state index contributed by atoms with van der Waals surface area (Å²) in [4.78, 5) is 51.6. The summed E-state index contributed by atoms with van der Waals surface area (Å²) in [6, 6.07) is 8.47. The Morgan fingerprint density at radius 1 is 1.09 bits per heavy atom. The second kappa shape index (κ2) is 11.8. The zero-order valence-corrected chi connectivity index (χ0v) is 19.4. The van der Waals surface area contributed by atoms with Crippen LogP contribution in [0.15, 0.2) is 45.1 Å². The van der Waals surface area contributed by atoms with E-state index in [2.05, 4.69) is 25.5 Å². The molecule has 13 heteroatoms. The number of ether oxygens (including phenoxy) is 2. The van der Waals surface area contributed by atoms with Crippen molar-refractivity contribution < 1.29 is 19.1 Å². The highest BCUT2D eigenvalue weighted by molar-refractivity contribution is 7.99. The molecule has 3 rings (SSSR count). The van der Waals surface area contributed by atoms with Crippen LogP contribution in [0.3, 0.4) is 0 Å². The number of amides is 1. The lowest BCUT2D eigenvalue weighted by Gasteiger charge is -2.11. The van der Waals surface area contributed by atoms with Crippen molar-refractivity contribution in [2.75, 3.05) is 25.5 Å². The number of carbonyl (C=O) groups excluding carboxylic acids is 2. The molecule has 0 aliphatic heterocycles. The van der Waals surface area contributed by atoms with E-state index < -0.39 is 17.2 Å². The third-order valence-corrected chi connectivity index (χ3v) is 5.27. The number of aromatic nitrogens is 5. The molecule has 12 nitrogen and oxygen atoms in total. The number of aromatic amines is 2. The number of nitrogens with one attached hydrogen (secondary N) is 3. The second-order valence-corrected chi connectivity index (χ2v) is 7.76. The maximum absolute atomic E-state index is 12.2. The molecule has 3 N–H and O–H groups in total. The third-order valence-electron chi connectivity index (χ3n) is 4.34. The van der Waals surface area contributed by atoms with Crippen molar-refractivity contribution in [2.45, 2.75) is 25.4 Å². The predicted molar refractivity (Wildman–Crippen MR) is 123 cm³/mol. The second-order valence-electron chi connectivity index (χ2n) is 6.82. The van der Waals surface area contributed by atoms with Crippen molar-refractivity contribution in [3.05, 3.63) is 62.7 Å². The number of esters is 1. The van der Waals surface area contributed by atoms with Crippen LogP contribution in [0.1, 0.15) is 25.4 Å². The van der Waals surface area contributed by atoms with Crippen LogP contribution < -0.4 is 21.3 Å². The van der Waals surface area contributed by atoms with Crippen molar-refractivity contribution >= 4 is 23.6 Å². The molecule has 180 valence electrons. The Labute approximate surface area is 198 Å². The lowest BCUT2D eigenvalue weighted by atomic mass is 10.2. The lowest BCUT2D eigenvalue weighted by molar-refractivity contribution is -0.143. The molecule has 34 heavy (non-hydrogen) atoms. The average molecular weight is 489 g/mol. The Kier molecular flexibility index (Phi) is 8.62. The number of carbonyl (C=O) groups is 2. The van der Waals surface area contributed by atoms with E-state index in [1.807, 2.05) is 19.1 Å². The molecule has 0 aliphatic carbocycles. The number of benzene rings is 1. The van der Waals surface area contributed by atoms with Crippen LogP contribution in [0.5, 0.6) is 5.75 Å². The van der Waals surface area contributed by atoms with Crippen LogP contribution in [0.2, 0.25) is 0 Å². The number of hydrogen-bond donors (Lipinski definition) is 3. The smallest absolute Gasteiger partial charge is 0.325 e. The summed E-state index contributed by atoms with van der Waals surface area (Å²) in [6.45, 7) is 4.10. The molecular weight excluding hydrogens is 464 g/mol. The monoisotopic (exact) mass is 488 g/mol. The molecule has 0 unspecified atom stereocenters. The number of nitrogens with zero attached hydrogens (tertiary/aromatic N) is 3. The molecule has 0 radical (unpaired) electrons. The first-order chi connectivity index (χ1) is 16.4. The van der Waals surface area contributed by atoms with Gasteiger partial charge in [-0.15, -0.1) is 10.2 Å². The largest absolute Gasteiger partial charge is 0.494 e. The third kappa shape index (κ3) is 6.81. The molecule has 0 atom stereocenters. The van der Waals surface area contributed by atoms with Gasteiger partial charge in [0.15, 0.2) is 5.16 Å². The number of H-pyrrole nitrogens is 2. The predicted octanol–water partition coefficient (Wildman–Crippen LogP) is 0.405. The van der Waals surface area contributed by atoms with Crippen LogP contribution >= 0.6 is 11.8 Å². The highest BCUT2D eigenvalue weighted by Gasteiger charge is 2.17. The first kappa shape index (κ1) is 24.8. The van der Waals surface area contributed by atoms with Gasteiger partial charge in [0.1, 0.15) is 18.1 Å². The summed E-state index contributed by atoms with van der Waals surface area (Å²) < 4.78 is 12.0. The Bertz CT molecular complexity index is 1220. The van der Waals surface area contributed by atoms with E-state index in [1.165, 1.54) is 6.07 Å². The van der Waals surface area contributed by atoms with Gasteiger partial charge in [-0.1, -0.05) is 11.8 Å². The molecule has 1 aromatic carbocycles. The van der Waals surface area contributed by atoms with E-state index in [0.717, 1.165) is 11.8 Å². The summed E-state index contributed by atoms with van der Waals surface area (Å²) >= 11 is 1.12. The Balaban J connectivity index is 1.84. The molecule has 2 heterocycles. The van der Waals surface area contributed by atoms with E-state index >= 15 is 0 Å². The molecule has 2 aromatic heterocycles. The normalized spacial score (nSPS) is 10.6. The van der Waals surface area contributed by atoms with Crippen LogP contribution in [0, 0.1) is 0 Å². The Morgan fingerprint density at radius 2 is 1.85 bits per heavy atom. The maximum atomic E-state index is 12.2. The van der Waals surface area contributed by atoms with E-state index in [4.69, 9.17) is 9.47 Å². The van der Waals surface area contributed by atoms with Gasteiger partial charge >= 0.3 is 11.7 Å². The van der Waals surface area contributed by atoms with Gasteiger partial charge in [0.05, 0.1) is 19.0 Å². The van der Waals surface area contributed by atoms with Crippen molar-refractivity contribution in [3.8, 4) is 11.4 Å². The van der Waals surface area contributed by atoms with Crippen molar-refractivity contribution in [3.63, 3.8) is 0 Å². The summed E-state index contributed by atoms with van der Waals surface area (Å²) in [6.07, 6.45) is 0.120. The molecular formula is C21H24N6O6S. The van der Waals surface area contributed by atoms with Crippen molar-refractivity contribution in [1.82, 2.24) is 30.0 Å². The molecule has 1 amide bonds. The van der Waals surface area contributed by atoms with Gasteiger partial charge in [0, 0.05) is 23.9 Å². The average Bonchev–Trinajstić information content (AvgIpc) is 3.19. The van der Waals surface area contributed by atoms with Gasteiger partial charge in [-0.25, -0.2) is 4.79 Å². The number of hydrogen-bond acceptors (Lipinski definition) is 9. The topological polar surface area (TPSA) is 161 Å². The molecule has 0 aliphatic rings. The van der Waals surface area contributed by atoms with Crippen molar-refractivity contribution in [1.29, 1.82) is 0 Å². The SMILES string of the molecule is CCOC(=O)CNC(=O)CSc1nnc(Cc2cc(=O)[nH]c(=O)[nH]2)n1-c1ccc(OCC)cc1. The fourth-order valence-corrected chi connectivity index (χ4v) is 3.78. The van der Waals surface area contributed by atoms with Crippen LogP contribution in [0.25, 0.3) is 5.69 Å². The lowest BCUT2D eigenvalue weighted by Crippen LogP contribution is -2.31. The molecule has 0 bridgehead atoms. The number of thioether (sulfide) groups is 1. The Morgan fingerprint density at radius 3 is 2.53 bits per heavy atom. The fourth-order valence-electron chi connectivity index (χ4n) is 2.97. The first-order valence-corrected chi connectivity index (χ1v) is 11.4. The fraction of sp³-hybridized carbons (Fsp3) is 0.333. The van der Waals surface area contributed by atoms with E-state index in [-0.39, 0.29) is 31.2 Å². The highest BCUT2D eigenvalue weighted by Crippen LogP contribution is 2.24. The highest BCUT2D eigenvalue weighted by atomic mass is 32.2. The standard InChI is InChI=1S/C21H24N6O6S/c1-3-32-15-7-5-14(6-8-15)27-16(9-13-10-17(28)24-20(31)23-13)25-26-21(27)34-12-18(29)22-11-19(30)33-4-2/h5-8,10H,3-4,9,11-12H2,1-2H3,(H,22,29)(H2,23,24,28,31). The quantitative estimate of drug-likeness (QED) is 0.256.